The Bertz CT molecular complexity index is 914. The maximum Gasteiger partial charge on any atom is 0.293 e. The van der Waals surface area contributed by atoms with Crippen LogP contribution in [-0.2, 0) is 0 Å². The molecule has 27 heavy (non-hydrogen) atoms. The Morgan fingerprint density at radius 2 is 2.00 bits per heavy atom. The van der Waals surface area contributed by atoms with Gasteiger partial charge in [-0.3, -0.25) is 14.9 Å². The zero-order valence-corrected chi connectivity index (χ0v) is 14.4. The molecular formula is C19H18FN3O4. The number of nitrogens with zero attached hydrogens (tertiary/aromatic N) is 1. The molecule has 1 unspecified atom stereocenters. The fourth-order valence-electron chi connectivity index (χ4n) is 3.15. The van der Waals surface area contributed by atoms with E-state index < -0.39 is 10.7 Å². The first-order chi connectivity index (χ1) is 13.0. The van der Waals surface area contributed by atoms with Gasteiger partial charge in [0.15, 0.2) is 0 Å². The number of nitro benzene ring substituents is 1. The van der Waals surface area contributed by atoms with Crippen LogP contribution < -0.4 is 15.4 Å². The van der Waals surface area contributed by atoms with Crippen molar-refractivity contribution in [3.63, 3.8) is 0 Å². The lowest BCUT2D eigenvalue weighted by molar-refractivity contribution is -0.384. The van der Waals surface area contributed by atoms with Crippen LogP contribution in [0, 0.1) is 15.9 Å². The van der Waals surface area contributed by atoms with Crippen molar-refractivity contribution in [2.75, 3.05) is 11.9 Å². The molecule has 1 heterocycles. The molecule has 2 aromatic rings. The van der Waals surface area contributed by atoms with Gasteiger partial charge < -0.3 is 15.4 Å². The van der Waals surface area contributed by atoms with Crippen LogP contribution in [0.4, 0.5) is 15.8 Å². The van der Waals surface area contributed by atoms with Gasteiger partial charge in [0.05, 0.1) is 17.6 Å². The summed E-state index contributed by atoms with van der Waals surface area (Å²) in [6, 6.07) is 8.43. The van der Waals surface area contributed by atoms with Crippen LogP contribution in [0.25, 0.3) is 0 Å². The summed E-state index contributed by atoms with van der Waals surface area (Å²) in [4.78, 5) is 23.2. The van der Waals surface area contributed by atoms with E-state index in [1.165, 1.54) is 24.3 Å². The number of halogens is 1. The lowest BCUT2D eigenvalue weighted by atomic mass is 9.99. The molecule has 1 saturated carbocycles. The lowest BCUT2D eigenvalue weighted by Gasteiger charge is -2.27. The minimum Gasteiger partial charge on any atom is -0.493 e. The summed E-state index contributed by atoms with van der Waals surface area (Å²) in [6.07, 6.45) is 2.41. The van der Waals surface area contributed by atoms with Gasteiger partial charge in [-0.1, -0.05) is 0 Å². The molecule has 0 aromatic heterocycles. The van der Waals surface area contributed by atoms with Crippen LogP contribution in [0.1, 0.15) is 41.2 Å². The molecule has 1 aliphatic carbocycles. The van der Waals surface area contributed by atoms with E-state index in [2.05, 4.69) is 10.6 Å². The minimum absolute atomic E-state index is 0.169. The molecule has 0 saturated heterocycles. The quantitative estimate of drug-likeness (QED) is 0.619. The molecule has 1 amide bonds. The number of nitrogens with one attached hydrogen (secondary N) is 2. The van der Waals surface area contributed by atoms with E-state index in [1.807, 2.05) is 0 Å². The topological polar surface area (TPSA) is 93.5 Å². The number of rotatable bonds is 5. The Morgan fingerprint density at radius 3 is 2.74 bits per heavy atom. The summed E-state index contributed by atoms with van der Waals surface area (Å²) in [5.41, 5.74) is 0.955. The van der Waals surface area contributed by atoms with Crippen LogP contribution >= 0.6 is 0 Å². The minimum atomic E-state index is -0.526. The number of ether oxygens (including phenoxy) is 1. The highest BCUT2D eigenvalue weighted by Gasteiger charge is 2.27. The van der Waals surface area contributed by atoms with E-state index in [4.69, 9.17) is 4.74 Å². The summed E-state index contributed by atoms with van der Waals surface area (Å²) < 4.78 is 19.2. The molecular weight excluding hydrogens is 353 g/mol. The molecule has 0 radical (unpaired) electrons. The first-order valence-corrected chi connectivity index (χ1v) is 8.79. The molecule has 0 spiro atoms. The predicted molar refractivity (Wildman–Crippen MR) is 96.5 cm³/mol. The van der Waals surface area contributed by atoms with Gasteiger partial charge in [-0.2, -0.15) is 0 Å². The van der Waals surface area contributed by atoms with Gasteiger partial charge in [0.1, 0.15) is 17.3 Å². The fraction of sp³-hybridized carbons (Fsp3) is 0.316. The van der Waals surface area contributed by atoms with Crippen molar-refractivity contribution < 1.29 is 18.8 Å². The Kier molecular flexibility index (Phi) is 4.39. The van der Waals surface area contributed by atoms with Crippen LogP contribution in [-0.4, -0.2) is 23.5 Å². The van der Waals surface area contributed by atoms with Crippen LogP contribution in [0.5, 0.6) is 5.75 Å². The first-order valence-electron chi connectivity index (χ1n) is 8.79. The van der Waals surface area contributed by atoms with Crippen molar-refractivity contribution in [1.82, 2.24) is 5.32 Å². The van der Waals surface area contributed by atoms with Crippen molar-refractivity contribution in [1.29, 1.82) is 0 Å². The Morgan fingerprint density at radius 1 is 1.19 bits per heavy atom. The number of carbonyl (C=O) groups excluding carboxylic acids is 1. The normalized spacial score (nSPS) is 18.2. The van der Waals surface area contributed by atoms with E-state index in [9.17, 15) is 19.3 Å². The van der Waals surface area contributed by atoms with Gasteiger partial charge in [-0.05, 0) is 43.2 Å². The number of nitro groups is 1. The first kappa shape index (κ1) is 17.3. The lowest BCUT2D eigenvalue weighted by Crippen LogP contribution is -2.25. The van der Waals surface area contributed by atoms with E-state index in [0.29, 0.717) is 24.3 Å². The number of hydrogen-bond donors (Lipinski definition) is 2. The molecule has 2 aliphatic rings. The van der Waals surface area contributed by atoms with Gasteiger partial charge in [0.2, 0.25) is 0 Å². The third-order valence-corrected chi connectivity index (χ3v) is 4.71. The summed E-state index contributed by atoms with van der Waals surface area (Å²) in [7, 11) is 0. The summed E-state index contributed by atoms with van der Waals surface area (Å²) in [6.45, 7) is 0.423. The smallest absolute Gasteiger partial charge is 0.293 e. The Labute approximate surface area is 154 Å². The molecule has 2 aromatic carbocycles. The maximum atomic E-state index is 13.6. The molecule has 1 aliphatic heterocycles. The highest BCUT2D eigenvalue weighted by atomic mass is 19.1. The van der Waals surface area contributed by atoms with Crippen molar-refractivity contribution >= 4 is 17.3 Å². The number of amides is 1. The van der Waals surface area contributed by atoms with E-state index in [-0.39, 0.29) is 34.9 Å². The molecule has 7 nitrogen and oxygen atoms in total. The van der Waals surface area contributed by atoms with Gasteiger partial charge in [-0.15, -0.1) is 0 Å². The van der Waals surface area contributed by atoms with Crippen molar-refractivity contribution in [2.45, 2.75) is 31.3 Å². The molecule has 140 valence electrons. The summed E-state index contributed by atoms with van der Waals surface area (Å²) >= 11 is 0. The maximum absolute atomic E-state index is 13.6. The van der Waals surface area contributed by atoms with Gasteiger partial charge >= 0.3 is 0 Å². The van der Waals surface area contributed by atoms with Crippen molar-refractivity contribution in [3.8, 4) is 5.75 Å². The van der Waals surface area contributed by atoms with E-state index in [0.717, 1.165) is 12.8 Å². The highest BCUT2D eigenvalue weighted by Crippen LogP contribution is 2.37. The van der Waals surface area contributed by atoms with Crippen LogP contribution in [0.15, 0.2) is 36.4 Å². The SMILES string of the molecule is O=C(NC1CC1)c1ccc(NC2CCOc3ccc(F)cc32)c([N+](=O)[O-])c1. The third kappa shape index (κ3) is 3.69. The second-order valence-corrected chi connectivity index (χ2v) is 6.75. The van der Waals surface area contributed by atoms with Crippen LogP contribution in [0.3, 0.4) is 0 Å². The monoisotopic (exact) mass is 371 g/mol. The van der Waals surface area contributed by atoms with Gasteiger partial charge in [0.25, 0.3) is 11.6 Å². The van der Waals surface area contributed by atoms with Crippen molar-refractivity contribution in [2.24, 2.45) is 0 Å². The highest BCUT2D eigenvalue weighted by molar-refractivity contribution is 5.96. The van der Waals surface area contributed by atoms with E-state index >= 15 is 0 Å². The number of fused-ring (bicyclic) bond motifs is 1. The summed E-state index contributed by atoms with van der Waals surface area (Å²) in [5.74, 6) is -0.151. The number of benzene rings is 2. The predicted octanol–water partition coefficient (Wildman–Crippen LogP) is 3.56. The number of carbonyl (C=O) groups is 1. The molecule has 2 N–H and O–H groups in total. The average molecular weight is 371 g/mol. The third-order valence-electron chi connectivity index (χ3n) is 4.71. The second-order valence-electron chi connectivity index (χ2n) is 6.75. The summed E-state index contributed by atoms with van der Waals surface area (Å²) in [5, 5.41) is 17.5. The van der Waals surface area contributed by atoms with E-state index in [1.54, 1.807) is 12.1 Å². The largest absolute Gasteiger partial charge is 0.493 e. The zero-order chi connectivity index (χ0) is 19.0. The Balaban J connectivity index is 1.61. The van der Waals surface area contributed by atoms with Crippen molar-refractivity contribution in [3.05, 3.63) is 63.5 Å². The van der Waals surface area contributed by atoms with Gasteiger partial charge in [-0.25, -0.2) is 4.39 Å². The van der Waals surface area contributed by atoms with Crippen LogP contribution in [0.2, 0.25) is 0 Å². The molecule has 8 heteroatoms. The zero-order valence-electron chi connectivity index (χ0n) is 14.4. The second kappa shape index (κ2) is 6.86. The molecule has 0 bridgehead atoms. The number of anilines is 1. The number of hydrogen-bond acceptors (Lipinski definition) is 5. The van der Waals surface area contributed by atoms with Gasteiger partial charge in [0, 0.05) is 29.7 Å². The average Bonchev–Trinajstić information content (AvgIpc) is 3.46. The Hall–Kier alpha value is -3.16. The molecule has 1 atom stereocenters. The molecule has 1 fully saturated rings. The fourth-order valence-corrected chi connectivity index (χ4v) is 3.15. The standard InChI is InChI=1S/C19H18FN3O4/c20-12-2-6-18-14(10-12)15(7-8-27-18)22-16-5-1-11(9-17(16)23(25)26)19(24)21-13-3-4-13/h1-2,5-6,9-10,13,15,22H,3-4,7-8H2,(H,21,24). The molecule has 4 rings (SSSR count).